The highest BCUT2D eigenvalue weighted by Gasteiger charge is 2.33. The molecule has 0 amide bonds. The molecule has 1 N–H and O–H groups in total. The van der Waals surface area contributed by atoms with E-state index in [0.29, 0.717) is 18.4 Å². The van der Waals surface area contributed by atoms with E-state index in [1.165, 1.54) is 6.07 Å². The fourth-order valence-corrected chi connectivity index (χ4v) is 4.28. The average Bonchev–Trinajstić information content (AvgIpc) is 2.88. The molecule has 5 aromatic rings. The van der Waals surface area contributed by atoms with Crippen LogP contribution in [0.25, 0.3) is 22.0 Å². The van der Waals surface area contributed by atoms with Crippen molar-refractivity contribution in [2.75, 3.05) is 5.32 Å². The first-order valence-corrected chi connectivity index (χ1v) is 11.2. The van der Waals surface area contributed by atoms with Crippen LogP contribution in [0.3, 0.4) is 0 Å². The van der Waals surface area contributed by atoms with Gasteiger partial charge in [0.05, 0.1) is 11.1 Å². The lowest BCUT2D eigenvalue weighted by atomic mass is 9.91. The van der Waals surface area contributed by atoms with Crippen LogP contribution in [0.1, 0.15) is 22.3 Å². The van der Waals surface area contributed by atoms with Crippen molar-refractivity contribution in [3.8, 4) is 11.1 Å². The number of hydrogen-bond donors (Lipinski definition) is 1. The lowest BCUT2D eigenvalue weighted by Gasteiger charge is -2.17. The highest BCUT2D eigenvalue weighted by atomic mass is 19.4. The second-order valence-corrected chi connectivity index (χ2v) is 8.32. The number of fused-ring (bicyclic) bond motifs is 1. The van der Waals surface area contributed by atoms with Gasteiger partial charge in [0.1, 0.15) is 0 Å². The highest BCUT2D eigenvalue weighted by molar-refractivity contribution is 5.98. The van der Waals surface area contributed by atoms with Gasteiger partial charge in [0.25, 0.3) is 0 Å². The molecule has 0 saturated heterocycles. The summed E-state index contributed by atoms with van der Waals surface area (Å²) in [7, 11) is 0. The summed E-state index contributed by atoms with van der Waals surface area (Å²) in [6, 6.07) is 25.7. The van der Waals surface area contributed by atoms with E-state index in [9.17, 15) is 13.2 Å². The minimum absolute atomic E-state index is 0.0412. The molecule has 3 aromatic carbocycles. The van der Waals surface area contributed by atoms with E-state index in [-0.39, 0.29) is 5.52 Å². The molecule has 174 valence electrons. The van der Waals surface area contributed by atoms with Crippen LogP contribution in [-0.4, -0.2) is 9.97 Å². The Bertz CT molecular complexity index is 1450. The Kier molecular flexibility index (Phi) is 6.19. The minimum Gasteiger partial charge on any atom is -0.381 e. The third-order valence-electron chi connectivity index (χ3n) is 5.89. The molecule has 2 heterocycles. The van der Waals surface area contributed by atoms with Crippen molar-refractivity contribution < 1.29 is 13.2 Å². The summed E-state index contributed by atoms with van der Waals surface area (Å²) in [5.41, 5.74) is 4.66. The molecule has 0 spiro atoms. The first-order valence-electron chi connectivity index (χ1n) is 11.2. The number of para-hydroxylation sites is 1. The molecule has 0 aliphatic heterocycles. The Balaban J connectivity index is 1.62. The van der Waals surface area contributed by atoms with E-state index >= 15 is 0 Å². The van der Waals surface area contributed by atoms with E-state index in [1.807, 2.05) is 66.7 Å². The number of nitrogens with one attached hydrogen (secondary N) is 1. The molecular weight excluding hydrogens is 447 g/mol. The summed E-state index contributed by atoms with van der Waals surface area (Å²) < 4.78 is 41.3. The molecule has 35 heavy (non-hydrogen) atoms. The maximum absolute atomic E-state index is 13.8. The maximum Gasteiger partial charge on any atom is 0.418 e. The van der Waals surface area contributed by atoms with Crippen LogP contribution < -0.4 is 5.32 Å². The molecule has 3 nitrogen and oxygen atoms in total. The Morgan fingerprint density at radius 3 is 2.34 bits per heavy atom. The monoisotopic (exact) mass is 469 g/mol. The van der Waals surface area contributed by atoms with Crippen LogP contribution in [0.5, 0.6) is 0 Å². The molecule has 0 unspecified atom stereocenters. The Hall–Kier alpha value is -4.19. The number of halogens is 3. The van der Waals surface area contributed by atoms with Crippen molar-refractivity contribution >= 4 is 16.6 Å². The van der Waals surface area contributed by atoms with Gasteiger partial charge in [-0.25, -0.2) is 0 Å². The molecular formula is C29H22F3N3. The summed E-state index contributed by atoms with van der Waals surface area (Å²) in [5, 5.41) is 3.87. The largest absolute Gasteiger partial charge is 0.418 e. The Labute approximate surface area is 201 Å². The van der Waals surface area contributed by atoms with Crippen molar-refractivity contribution in [2.24, 2.45) is 0 Å². The molecule has 0 aliphatic rings. The van der Waals surface area contributed by atoms with Crippen LogP contribution in [-0.2, 0) is 19.1 Å². The summed E-state index contributed by atoms with van der Waals surface area (Å²) >= 11 is 0. The molecule has 2 aromatic heterocycles. The van der Waals surface area contributed by atoms with E-state index in [1.54, 1.807) is 24.7 Å². The molecule has 0 radical (unpaired) electrons. The zero-order valence-electron chi connectivity index (χ0n) is 18.8. The Morgan fingerprint density at radius 2 is 1.57 bits per heavy atom. The van der Waals surface area contributed by atoms with Gasteiger partial charge in [-0.1, -0.05) is 60.7 Å². The van der Waals surface area contributed by atoms with Gasteiger partial charge in [-0.05, 0) is 58.5 Å². The molecule has 6 heteroatoms. The van der Waals surface area contributed by atoms with Crippen molar-refractivity contribution in [1.82, 2.24) is 9.97 Å². The third kappa shape index (κ3) is 5.01. The first kappa shape index (κ1) is 22.6. The third-order valence-corrected chi connectivity index (χ3v) is 5.89. The average molecular weight is 470 g/mol. The molecule has 0 bridgehead atoms. The number of hydrogen-bond acceptors (Lipinski definition) is 3. The fourth-order valence-electron chi connectivity index (χ4n) is 4.28. The van der Waals surface area contributed by atoms with Crippen LogP contribution in [0.2, 0.25) is 0 Å². The number of pyridine rings is 2. The summed E-state index contributed by atoms with van der Waals surface area (Å²) in [4.78, 5) is 8.42. The quantitative estimate of drug-likeness (QED) is 0.279. The number of aromatic nitrogens is 2. The SMILES string of the molecule is FC(F)(F)c1cccc2c(-c3cccc(NCc4cccnc4)c3)c(Cc3ccccc3)cnc12. The van der Waals surface area contributed by atoms with Crippen LogP contribution in [0.15, 0.2) is 104 Å². The normalized spacial score (nSPS) is 11.5. The van der Waals surface area contributed by atoms with Crippen LogP contribution >= 0.6 is 0 Å². The van der Waals surface area contributed by atoms with Gasteiger partial charge < -0.3 is 5.32 Å². The van der Waals surface area contributed by atoms with Crippen LogP contribution in [0.4, 0.5) is 18.9 Å². The molecule has 0 atom stereocenters. The molecule has 0 aliphatic carbocycles. The van der Waals surface area contributed by atoms with Crippen molar-refractivity contribution in [3.05, 3.63) is 126 Å². The molecule has 0 saturated carbocycles. The van der Waals surface area contributed by atoms with E-state index in [0.717, 1.165) is 39.6 Å². The van der Waals surface area contributed by atoms with E-state index < -0.39 is 11.7 Å². The van der Waals surface area contributed by atoms with Gasteiger partial charge in [0.15, 0.2) is 0 Å². The van der Waals surface area contributed by atoms with Gasteiger partial charge in [-0.2, -0.15) is 13.2 Å². The van der Waals surface area contributed by atoms with Gasteiger partial charge in [0, 0.05) is 36.2 Å². The summed E-state index contributed by atoms with van der Waals surface area (Å²) in [6.07, 6.45) is 1.17. The van der Waals surface area contributed by atoms with Crippen molar-refractivity contribution in [2.45, 2.75) is 19.1 Å². The number of benzene rings is 3. The number of alkyl halides is 3. The van der Waals surface area contributed by atoms with Gasteiger partial charge >= 0.3 is 6.18 Å². The molecule has 0 fully saturated rings. The van der Waals surface area contributed by atoms with E-state index in [2.05, 4.69) is 15.3 Å². The fraction of sp³-hybridized carbons (Fsp3) is 0.103. The summed E-state index contributed by atoms with van der Waals surface area (Å²) in [6.45, 7) is 0.587. The number of anilines is 1. The number of nitrogens with zero attached hydrogens (tertiary/aromatic N) is 2. The van der Waals surface area contributed by atoms with Gasteiger partial charge in [-0.3, -0.25) is 9.97 Å². The second kappa shape index (κ2) is 9.58. The zero-order valence-corrected chi connectivity index (χ0v) is 18.8. The first-order chi connectivity index (χ1) is 17.0. The predicted molar refractivity (Wildman–Crippen MR) is 133 cm³/mol. The molecule has 5 rings (SSSR count). The Morgan fingerprint density at radius 1 is 0.771 bits per heavy atom. The second-order valence-electron chi connectivity index (χ2n) is 8.32. The number of rotatable bonds is 6. The van der Waals surface area contributed by atoms with E-state index in [4.69, 9.17) is 0 Å². The minimum atomic E-state index is -4.49. The lowest BCUT2D eigenvalue weighted by molar-refractivity contribution is -0.136. The maximum atomic E-state index is 13.8. The van der Waals surface area contributed by atoms with Gasteiger partial charge in [0.2, 0.25) is 0 Å². The lowest BCUT2D eigenvalue weighted by Crippen LogP contribution is -2.07. The standard InChI is InChI=1S/C29H22F3N3/c30-29(31,32)26-13-5-12-25-27(23(19-35-28(25)26)15-20-7-2-1-3-8-20)22-10-4-11-24(16-22)34-18-21-9-6-14-33-17-21/h1-14,16-17,19,34H,15,18H2. The highest BCUT2D eigenvalue weighted by Crippen LogP contribution is 2.39. The van der Waals surface area contributed by atoms with Crippen molar-refractivity contribution in [3.63, 3.8) is 0 Å². The predicted octanol–water partition coefficient (Wildman–Crippen LogP) is 7.52. The van der Waals surface area contributed by atoms with Crippen molar-refractivity contribution in [1.29, 1.82) is 0 Å². The topological polar surface area (TPSA) is 37.8 Å². The van der Waals surface area contributed by atoms with Gasteiger partial charge in [-0.15, -0.1) is 0 Å². The zero-order chi connectivity index (χ0) is 24.3. The summed E-state index contributed by atoms with van der Waals surface area (Å²) in [5.74, 6) is 0. The smallest absolute Gasteiger partial charge is 0.381 e. The van der Waals surface area contributed by atoms with Crippen LogP contribution in [0, 0.1) is 0 Å².